The highest BCUT2D eigenvalue weighted by Gasteiger charge is 2.46. The van der Waals surface area contributed by atoms with Crippen LogP contribution in [0.4, 0.5) is 9.59 Å². The molecule has 2 saturated heterocycles. The number of hydrogen-bond donors (Lipinski definition) is 4. The first-order valence-electron chi connectivity index (χ1n) is 10.8. The Kier molecular flexibility index (Phi) is 6.81. The van der Waals surface area contributed by atoms with Gasteiger partial charge in [-0.25, -0.2) is 9.59 Å². The van der Waals surface area contributed by atoms with Crippen LogP contribution < -0.4 is 22.1 Å². The van der Waals surface area contributed by atoms with Crippen molar-refractivity contribution in [3.8, 4) is 0 Å². The van der Waals surface area contributed by atoms with Crippen molar-refractivity contribution in [3.05, 3.63) is 11.4 Å². The van der Waals surface area contributed by atoms with Gasteiger partial charge in [-0.3, -0.25) is 29.5 Å². The molecule has 170 valence electrons. The molecule has 3 rings (SSSR count). The third-order valence-corrected chi connectivity index (χ3v) is 6.17. The summed E-state index contributed by atoms with van der Waals surface area (Å²) in [7, 11) is 0. The van der Waals surface area contributed by atoms with E-state index in [2.05, 4.69) is 10.6 Å². The first kappa shape index (κ1) is 22.6. The van der Waals surface area contributed by atoms with Crippen LogP contribution in [-0.4, -0.2) is 58.2 Å². The number of imide groups is 3. The molecule has 0 radical (unpaired) electrons. The second-order valence-corrected chi connectivity index (χ2v) is 8.43. The quantitative estimate of drug-likeness (QED) is 0.343. The van der Waals surface area contributed by atoms with Crippen LogP contribution >= 0.6 is 0 Å². The first-order chi connectivity index (χ1) is 14.7. The van der Waals surface area contributed by atoms with E-state index < -0.39 is 23.9 Å². The van der Waals surface area contributed by atoms with Crippen LogP contribution in [0, 0.1) is 5.92 Å². The second-order valence-electron chi connectivity index (χ2n) is 8.43. The fourth-order valence-corrected chi connectivity index (χ4v) is 4.59. The molecule has 11 nitrogen and oxygen atoms in total. The van der Waals surface area contributed by atoms with Crippen molar-refractivity contribution in [2.24, 2.45) is 17.4 Å². The van der Waals surface area contributed by atoms with E-state index in [-0.39, 0.29) is 48.3 Å². The smallest absolute Gasteiger partial charge is 0.334 e. The van der Waals surface area contributed by atoms with E-state index in [4.69, 9.17) is 11.5 Å². The van der Waals surface area contributed by atoms with Crippen LogP contribution in [0.2, 0.25) is 0 Å². The predicted molar refractivity (Wildman–Crippen MR) is 110 cm³/mol. The Morgan fingerprint density at radius 1 is 1.03 bits per heavy atom. The number of hydrogen-bond acceptors (Lipinski definition) is 7. The summed E-state index contributed by atoms with van der Waals surface area (Å²) in [6.07, 6.45) is 4.91. The Bertz CT molecular complexity index is 797. The van der Waals surface area contributed by atoms with Crippen LogP contribution in [-0.2, 0) is 14.4 Å². The number of nitrogens with zero attached hydrogens (tertiary/aromatic N) is 2. The van der Waals surface area contributed by atoms with E-state index in [1.54, 1.807) is 0 Å². The van der Waals surface area contributed by atoms with Gasteiger partial charge in [0.25, 0.3) is 11.8 Å². The molecule has 0 unspecified atom stereocenters. The summed E-state index contributed by atoms with van der Waals surface area (Å²) in [6.45, 7) is 2.14. The Morgan fingerprint density at radius 2 is 1.71 bits per heavy atom. The minimum atomic E-state index is -0.736. The summed E-state index contributed by atoms with van der Waals surface area (Å²) in [5, 5.41) is 4.98. The molecule has 6 N–H and O–H groups in total. The number of nitrogens with two attached hydrogens (primary N) is 2. The number of nitrogens with one attached hydrogen (secondary N) is 2. The van der Waals surface area contributed by atoms with Crippen molar-refractivity contribution >= 4 is 29.8 Å². The van der Waals surface area contributed by atoms with Crippen LogP contribution in [0.5, 0.6) is 0 Å². The van der Waals surface area contributed by atoms with Crippen LogP contribution in [0.25, 0.3) is 0 Å². The summed E-state index contributed by atoms with van der Waals surface area (Å²) >= 11 is 0. The third-order valence-electron chi connectivity index (χ3n) is 6.17. The summed E-state index contributed by atoms with van der Waals surface area (Å²) < 4.78 is 0. The van der Waals surface area contributed by atoms with Gasteiger partial charge < -0.3 is 16.8 Å². The van der Waals surface area contributed by atoms with Gasteiger partial charge in [0.15, 0.2) is 0 Å². The molecule has 3 aliphatic rings. The van der Waals surface area contributed by atoms with Gasteiger partial charge >= 0.3 is 12.1 Å². The van der Waals surface area contributed by atoms with Crippen LogP contribution in [0.1, 0.15) is 58.3 Å². The molecule has 0 aromatic rings. The van der Waals surface area contributed by atoms with Gasteiger partial charge in [0.2, 0.25) is 5.91 Å². The number of unbranched alkanes of at least 4 members (excludes halogenated alkanes) is 1. The van der Waals surface area contributed by atoms with Crippen molar-refractivity contribution < 1.29 is 24.0 Å². The topological polar surface area (TPSA) is 168 Å². The predicted octanol–water partition coefficient (Wildman–Crippen LogP) is 0.253. The number of carbonyl (C=O) groups excluding carboxylic acids is 5. The van der Waals surface area contributed by atoms with Crippen molar-refractivity contribution in [3.63, 3.8) is 0 Å². The molecule has 0 aromatic carbocycles. The van der Waals surface area contributed by atoms with Crippen molar-refractivity contribution in [1.29, 1.82) is 0 Å². The number of carbonyl (C=O) groups is 5. The van der Waals surface area contributed by atoms with Crippen LogP contribution in [0.15, 0.2) is 11.4 Å². The minimum absolute atomic E-state index is 0.202. The molecule has 1 saturated carbocycles. The van der Waals surface area contributed by atoms with Gasteiger partial charge in [0.1, 0.15) is 11.4 Å². The largest absolute Gasteiger partial charge is 0.385 e. The maximum absolute atomic E-state index is 13.0. The minimum Gasteiger partial charge on any atom is -0.385 e. The zero-order valence-corrected chi connectivity index (χ0v) is 17.7. The number of rotatable bonds is 6. The molecule has 31 heavy (non-hydrogen) atoms. The van der Waals surface area contributed by atoms with Crippen molar-refractivity contribution in [1.82, 2.24) is 20.4 Å². The summed E-state index contributed by atoms with van der Waals surface area (Å²) in [5.41, 5.74) is 10.9. The average Bonchev–Trinajstić information content (AvgIpc) is 2.68. The zero-order valence-electron chi connectivity index (χ0n) is 17.7. The molecular weight excluding hydrogens is 404 g/mol. The number of amides is 7. The molecule has 7 amide bonds. The van der Waals surface area contributed by atoms with E-state index in [0.717, 1.165) is 29.1 Å². The Labute approximate surface area is 180 Å². The lowest BCUT2D eigenvalue weighted by Gasteiger charge is -2.41. The lowest BCUT2D eigenvalue weighted by atomic mass is 9.81. The second kappa shape index (κ2) is 9.36. The first-order valence-corrected chi connectivity index (χ1v) is 10.8. The fourth-order valence-electron chi connectivity index (χ4n) is 4.59. The van der Waals surface area contributed by atoms with Gasteiger partial charge in [0.05, 0.1) is 0 Å². The fraction of sp³-hybridized carbons (Fsp3) is 0.650. The van der Waals surface area contributed by atoms with Crippen molar-refractivity contribution in [2.75, 3.05) is 6.54 Å². The van der Waals surface area contributed by atoms with E-state index in [0.29, 0.717) is 25.7 Å². The lowest BCUT2D eigenvalue weighted by molar-refractivity contribution is -0.138. The van der Waals surface area contributed by atoms with E-state index >= 15 is 0 Å². The Morgan fingerprint density at radius 3 is 2.29 bits per heavy atom. The molecule has 2 heterocycles. The molecule has 1 atom stereocenters. The zero-order chi connectivity index (χ0) is 22.7. The summed E-state index contributed by atoms with van der Waals surface area (Å²) in [5.74, 6) is -1.88. The Hall–Kier alpha value is -3.11. The molecule has 0 spiro atoms. The van der Waals surface area contributed by atoms with Crippen molar-refractivity contribution in [2.45, 2.75) is 70.4 Å². The standard InChI is InChI=1S/C20H30N6O5/c1-2-3-8-25-17(28)15(16(21)22)18(29)26(20(25)31)13-6-4-11(5-7-13)9-12-10-14(27)24-19(30)23-12/h11-13H,2-10,21-22H2,1H3,(H2,23,24,27,30)/t11?,12-,13?/m0/s1. The third kappa shape index (κ3) is 4.80. The highest BCUT2D eigenvalue weighted by atomic mass is 16.2. The van der Waals surface area contributed by atoms with E-state index in [1.807, 2.05) is 6.92 Å². The summed E-state index contributed by atoms with van der Waals surface area (Å²) in [6, 6.07) is -1.66. The van der Waals surface area contributed by atoms with E-state index in [1.165, 1.54) is 0 Å². The maximum atomic E-state index is 13.0. The number of barbiturate groups is 1. The molecule has 1 aliphatic carbocycles. The monoisotopic (exact) mass is 434 g/mol. The van der Waals surface area contributed by atoms with E-state index in [9.17, 15) is 24.0 Å². The van der Waals surface area contributed by atoms with Gasteiger partial charge in [-0.1, -0.05) is 13.3 Å². The Balaban J connectivity index is 1.67. The summed E-state index contributed by atoms with van der Waals surface area (Å²) in [4.78, 5) is 63.8. The molecule has 11 heteroatoms. The SMILES string of the molecule is CCCCN1C(=O)C(=C(N)N)C(=O)N(C2CCC(C[C@H]3CC(=O)NC(=O)N3)CC2)C1=O. The number of urea groups is 2. The molecule has 0 aromatic heterocycles. The van der Waals surface area contributed by atoms with Gasteiger partial charge in [-0.2, -0.15) is 0 Å². The van der Waals surface area contributed by atoms with Gasteiger partial charge in [-0.05, 0) is 44.4 Å². The van der Waals surface area contributed by atoms with Gasteiger partial charge in [0, 0.05) is 25.0 Å². The highest BCUT2D eigenvalue weighted by molar-refractivity contribution is 6.29. The maximum Gasteiger partial charge on any atom is 0.334 e. The molecule has 3 fully saturated rings. The molecule has 0 bridgehead atoms. The molecular formula is C20H30N6O5. The highest BCUT2D eigenvalue weighted by Crippen LogP contribution is 2.34. The lowest BCUT2D eigenvalue weighted by Crippen LogP contribution is -2.61. The molecule has 2 aliphatic heterocycles. The van der Waals surface area contributed by atoms with Gasteiger partial charge in [-0.15, -0.1) is 0 Å². The van der Waals surface area contributed by atoms with Crippen LogP contribution in [0.3, 0.4) is 0 Å². The normalized spacial score (nSPS) is 27.3. The average molecular weight is 434 g/mol.